The zero-order chi connectivity index (χ0) is 23.2. The molecule has 2 amide bonds. The maximum absolute atomic E-state index is 13.9. The molecule has 7 aliphatic rings. The number of piperidine rings is 2. The number of hydrogen-bond donors (Lipinski definition) is 2. The van der Waals surface area contributed by atoms with Gasteiger partial charge >= 0.3 is 0 Å². The van der Waals surface area contributed by atoms with Gasteiger partial charge in [-0.1, -0.05) is 13.8 Å². The van der Waals surface area contributed by atoms with Crippen molar-refractivity contribution in [1.29, 1.82) is 0 Å². The fourth-order valence-corrected chi connectivity index (χ4v) is 7.84. The number of nitrogens with one attached hydrogen (secondary N) is 1. The number of fused-ring (bicyclic) bond motifs is 6. The number of ether oxygens (including phenoxy) is 1. The average Bonchev–Trinajstić information content (AvgIpc) is 3.29. The molecule has 4 atom stereocenters. The van der Waals surface area contributed by atoms with E-state index in [4.69, 9.17) is 9.73 Å². The Morgan fingerprint density at radius 2 is 2.00 bits per heavy atom. The van der Waals surface area contributed by atoms with Gasteiger partial charge in [-0.3, -0.25) is 14.6 Å². The normalized spacial score (nSPS) is 40.2. The molecule has 6 aliphatic heterocycles. The van der Waals surface area contributed by atoms with Gasteiger partial charge in [0.05, 0.1) is 11.4 Å². The van der Waals surface area contributed by atoms with Crippen LogP contribution in [0.3, 0.4) is 0 Å². The molecule has 33 heavy (non-hydrogen) atoms. The molecular weight excluding hydrogens is 418 g/mol. The van der Waals surface area contributed by atoms with Crippen molar-refractivity contribution >= 4 is 29.3 Å². The Hall–Kier alpha value is -2.67. The zero-order valence-electron chi connectivity index (χ0n) is 19.5. The molecule has 1 saturated carbocycles. The number of carbonyl (C=O) groups excluding carboxylic acids is 2. The monoisotopic (exact) mass is 447 g/mol. The van der Waals surface area contributed by atoms with Crippen LogP contribution in [0.25, 0.3) is 6.08 Å². The van der Waals surface area contributed by atoms with Gasteiger partial charge in [-0.15, -0.1) is 0 Å². The van der Waals surface area contributed by atoms with Crippen molar-refractivity contribution in [2.45, 2.75) is 75.7 Å². The average molecular weight is 448 g/mol. The highest BCUT2D eigenvalue weighted by atomic mass is 16.5. The summed E-state index contributed by atoms with van der Waals surface area (Å²) in [6.07, 6.45) is 6.31. The van der Waals surface area contributed by atoms with Crippen molar-refractivity contribution in [1.82, 2.24) is 10.2 Å². The van der Waals surface area contributed by atoms with Gasteiger partial charge in [0.2, 0.25) is 11.8 Å². The predicted molar refractivity (Wildman–Crippen MR) is 122 cm³/mol. The second kappa shape index (κ2) is 5.35. The molecule has 2 spiro atoms. The van der Waals surface area contributed by atoms with Crippen molar-refractivity contribution in [2.75, 3.05) is 6.54 Å². The number of hydrogen-bond acceptors (Lipinski definition) is 5. The maximum atomic E-state index is 13.9. The molecule has 2 N–H and O–H groups in total. The van der Waals surface area contributed by atoms with Crippen LogP contribution < -0.4 is 10.1 Å². The molecule has 4 saturated heterocycles. The fourth-order valence-electron chi connectivity index (χ4n) is 7.84. The standard InChI is InChI=1S/C26H29N3O4/c1-22(2)10-8-14-16(33-22)7-6-15-18(14)27-19-23(3,4)17-12-24-9-5-11-29(24)21(31)25(17,28-20(24)30)13-26(15,19)32/h6-8,10,17,32H,5,9,11-13H2,1-4H3,(H,28,30)/t17-,24+,25-,26+/m0/s1. The van der Waals surface area contributed by atoms with Crippen LogP contribution in [-0.4, -0.2) is 50.8 Å². The molecule has 6 heterocycles. The van der Waals surface area contributed by atoms with Gasteiger partial charge in [0.1, 0.15) is 28.0 Å². The largest absolute Gasteiger partial charge is 0.483 e. The lowest BCUT2D eigenvalue weighted by atomic mass is 9.47. The quantitative estimate of drug-likeness (QED) is 0.640. The van der Waals surface area contributed by atoms with Gasteiger partial charge in [-0.25, -0.2) is 0 Å². The molecule has 0 radical (unpaired) electrons. The number of benzene rings is 1. The first-order valence-electron chi connectivity index (χ1n) is 12.0. The number of rotatable bonds is 0. The van der Waals surface area contributed by atoms with Crippen molar-refractivity contribution in [3.63, 3.8) is 0 Å². The summed E-state index contributed by atoms with van der Waals surface area (Å²) in [6.45, 7) is 8.77. The maximum Gasteiger partial charge on any atom is 0.249 e. The Bertz CT molecular complexity index is 1250. The molecule has 172 valence electrons. The van der Waals surface area contributed by atoms with Crippen LogP contribution in [0, 0.1) is 11.3 Å². The third-order valence-corrected chi connectivity index (χ3v) is 9.29. The van der Waals surface area contributed by atoms with Crippen molar-refractivity contribution in [3.8, 4) is 5.75 Å². The Morgan fingerprint density at radius 1 is 1.21 bits per heavy atom. The number of carbonyl (C=O) groups is 2. The number of nitrogens with zero attached hydrogens (tertiary/aromatic N) is 2. The second-order valence-corrected chi connectivity index (χ2v) is 11.9. The number of aliphatic hydroxyl groups is 1. The molecule has 1 aliphatic carbocycles. The summed E-state index contributed by atoms with van der Waals surface area (Å²) in [4.78, 5) is 34.1. The molecule has 1 aromatic rings. The molecule has 0 aromatic heterocycles. The smallest absolute Gasteiger partial charge is 0.249 e. The van der Waals surface area contributed by atoms with E-state index in [1.807, 2.05) is 43.0 Å². The summed E-state index contributed by atoms with van der Waals surface area (Å²) in [6, 6.07) is 3.77. The van der Waals surface area contributed by atoms with E-state index in [9.17, 15) is 14.7 Å². The number of amides is 2. The molecule has 8 rings (SSSR count). The van der Waals surface area contributed by atoms with E-state index in [2.05, 4.69) is 19.2 Å². The van der Waals surface area contributed by atoms with Crippen LogP contribution in [-0.2, 0) is 15.2 Å². The summed E-state index contributed by atoms with van der Waals surface area (Å²) in [5.74, 6) is 0.524. The lowest BCUT2D eigenvalue weighted by molar-refractivity contribution is -0.186. The second-order valence-electron chi connectivity index (χ2n) is 11.9. The van der Waals surface area contributed by atoms with Gasteiger partial charge in [0, 0.05) is 35.4 Å². The van der Waals surface area contributed by atoms with Crippen LogP contribution in [0.15, 0.2) is 23.2 Å². The molecule has 2 bridgehead atoms. The van der Waals surface area contributed by atoms with Crippen LogP contribution in [0.4, 0.5) is 5.69 Å². The molecular formula is C26H29N3O4. The SMILES string of the molecule is CC1(C)C=Cc2c(ccc3c2N=C2C(C)(C)[C@@H]4C[C@@]56CCCN5C(=O)[C@@]4(C[C@]23O)NC6=O)O1. The van der Waals surface area contributed by atoms with E-state index in [1.54, 1.807) is 0 Å². The third-order valence-electron chi connectivity index (χ3n) is 9.29. The number of aliphatic imine (C=N–C) groups is 1. The van der Waals surface area contributed by atoms with E-state index >= 15 is 0 Å². The highest BCUT2D eigenvalue weighted by Gasteiger charge is 2.76. The van der Waals surface area contributed by atoms with Crippen molar-refractivity contribution in [2.24, 2.45) is 16.3 Å². The number of piperazine rings is 1. The van der Waals surface area contributed by atoms with Crippen LogP contribution in [0.1, 0.15) is 64.5 Å². The van der Waals surface area contributed by atoms with Gasteiger partial charge in [0.15, 0.2) is 0 Å². The van der Waals surface area contributed by atoms with Gasteiger partial charge < -0.3 is 20.1 Å². The Labute approximate surface area is 192 Å². The first-order valence-corrected chi connectivity index (χ1v) is 12.0. The Kier molecular flexibility index (Phi) is 3.21. The first kappa shape index (κ1) is 19.8. The van der Waals surface area contributed by atoms with Crippen LogP contribution in [0.2, 0.25) is 0 Å². The van der Waals surface area contributed by atoms with Gasteiger partial charge in [-0.05, 0) is 57.4 Å². The van der Waals surface area contributed by atoms with Crippen molar-refractivity contribution in [3.05, 3.63) is 29.3 Å². The lowest BCUT2D eigenvalue weighted by Crippen LogP contribution is -2.86. The molecule has 7 nitrogen and oxygen atoms in total. The highest BCUT2D eigenvalue weighted by molar-refractivity contribution is 6.12. The van der Waals surface area contributed by atoms with Crippen molar-refractivity contribution < 1.29 is 19.4 Å². The minimum Gasteiger partial charge on any atom is -0.483 e. The summed E-state index contributed by atoms with van der Waals surface area (Å²) < 4.78 is 6.15. The topological polar surface area (TPSA) is 91.2 Å². The van der Waals surface area contributed by atoms with E-state index < -0.39 is 27.7 Å². The zero-order valence-corrected chi connectivity index (χ0v) is 19.5. The Morgan fingerprint density at radius 3 is 2.79 bits per heavy atom. The molecule has 5 fully saturated rings. The van der Waals surface area contributed by atoms with E-state index in [0.29, 0.717) is 36.3 Å². The predicted octanol–water partition coefficient (Wildman–Crippen LogP) is 2.82. The summed E-state index contributed by atoms with van der Waals surface area (Å²) in [5.41, 5.74) is -1.32. The third kappa shape index (κ3) is 2.01. The van der Waals surface area contributed by atoms with E-state index in [1.165, 1.54) is 0 Å². The minimum atomic E-state index is -1.43. The molecule has 0 unspecified atom stereocenters. The summed E-state index contributed by atoms with van der Waals surface area (Å²) in [5, 5.41) is 15.4. The first-order chi connectivity index (χ1) is 15.4. The van der Waals surface area contributed by atoms with Gasteiger partial charge in [-0.2, -0.15) is 0 Å². The fraction of sp³-hybridized carbons (Fsp3) is 0.577. The van der Waals surface area contributed by atoms with Crippen LogP contribution in [0.5, 0.6) is 5.75 Å². The van der Waals surface area contributed by atoms with Gasteiger partial charge in [0.25, 0.3) is 0 Å². The van der Waals surface area contributed by atoms with E-state index in [0.717, 1.165) is 17.7 Å². The highest BCUT2D eigenvalue weighted by Crippen LogP contribution is 2.64. The summed E-state index contributed by atoms with van der Waals surface area (Å²) >= 11 is 0. The molecule has 1 aromatic carbocycles. The summed E-state index contributed by atoms with van der Waals surface area (Å²) in [7, 11) is 0. The van der Waals surface area contributed by atoms with Crippen LogP contribution >= 0.6 is 0 Å². The lowest BCUT2D eigenvalue weighted by Gasteiger charge is -2.66. The molecule has 7 heteroatoms. The van der Waals surface area contributed by atoms with E-state index in [-0.39, 0.29) is 24.2 Å². The minimum absolute atomic E-state index is 0.0345. The Balaban J connectivity index is 1.44.